The predicted molar refractivity (Wildman–Crippen MR) is 339 cm³/mol. The van der Waals surface area contributed by atoms with Gasteiger partial charge in [0.2, 0.25) is 65.0 Å². The van der Waals surface area contributed by atoms with Gasteiger partial charge in [-0.1, -0.05) is 92.5 Å². The van der Waals surface area contributed by atoms with Crippen molar-refractivity contribution in [2.24, 2.45) is 40.9 Å². The predicted octanol–water partition coefficient (Wildman–Crippen LogP) is -2.09. The average Bonchev–Trinajstić information content (AvgIpc) is 0.895. The summed E-state index contributed by atoms with van der Waals surface area (Å²) >= 11 is 0. The van der Waals surface area contributed by atoms with Gasteiger partial charge in [0.05, 0.1) is 19.0 Å². The van der Waals surface area contributed by atoms with Crippen LogP contribution in [0.25, 0.3) is 0 Å². The van der Waals surface area contributed by atoms with E-state index in [9.17, 15) is 92.7 Å². The Hall–Kier alpha value is -9.46. The number of rotatable bonds is 43. The van der Waals surface area contributed by atoms with Crippen LogP contribution in [0, 0.1) is 23.7 Å². The Bertz CT molecular complexity index is 2930. The molecular formula is C62H95N13O19. The third-order valence-corrected chi connectivity index (χ3v) is 15.4. The first-order valence-electron chi connectivity index (χ1n) is 31.1. The van der Waals surface area contributed by atoms with Crippen LogP contribution in [-0.2, 0) is 80.0 Å². The van der Waals surface area contributed by atoms with Crippen LogP contribution in [0.1, 0.15) is 131 Å². The summed E-state index contributed by atoms with van der Waals surface area (Å²) < 4.78 is 0. The zero-order chi connectivity index (χ0) is 71.1. The van der Waals surface area contributed by atoms with Crippen LogP contribution in [0.2, 0.25) is 0 Å². The zero-order valence-electron chi connectivity index (χ0n) is 54.3. The molecule has 0 bridgehead atoms. The summed E-state index contributed by atoms with van der Waals surface area (Å²) in [5.74, 6) is -17.8. The van der Waals surface area contributed by atoms with Gasteiger partial charge in [-0.25, -0.2) is 4.79 Å². The van der Waals surface area contributed by atoms with Crippen LogP contribution in [0.3, 0.4) is 0 Å². The van der Waals surface area contributed by atoms with Crippen molar-refractivity contribution in [3.8, 4) is 11.5 Å². The van der Waals surface area contributed by atoms with Gasteiger partial charge in [0.15, 0.2) is 0 Å². The van der Waals surface area contributed by atoms with E-state index in [0.717, 1.165) is 0 Å². The highest BCUT2D eigenvalue weighted by Crippen LogP contribution is 2.17. The van der Waals surface area contributed by atoms with Gasteiger partial charge in [0.1, 0.15) is 65.9 Å². The summed E-state index contributed by atoms with van der Waals surface area (Å²) in [5, 5.41) is 73.3. The first-order valence-corrected chi connectivity index (χ1v) is 31.1. The number of carbonyl (C=O) groups excluding carboxylic acids is 11. The van der Waals surface area contributed by atoms with E-state index in [-0.39, 0.29) is 43.7 Å². The normalized spacial score (nSPS) is 15.0. The molecule has 0 aliphatic heterocycles. The Labute approximate surface area is 544 Å². The third kappa shape index (κ3) is 28.6. The van der Waals surface area contributed by atoms with Crippen molar-refractivity contribution in [1.29, 1.82) is 0 Å². The van der Waals surface area contributed by atoms with Crippen molar-refractivity contribution in [1.82, 2.24) is 53.2 Å². The van der Waals surface area contributed by atoms with Crippen LogP contribution in [0.5, 0.6) is 11.5 Å². The third-order valence-electron chi connectivity index (χ3n) is 15.4. The van der Waals surface area contributed by atoms with E-state index >= 15 is 0 Å². The number of carboxylic acids is 3. The lowest BCUT2D eigenvalue weighted by atomic mass is 9.97. The molecule has 0 aromatic heterocycles. The van der Waals surface area contributed by atoms with Gasteiger partial charge < -0.3 is 95.9 Å². The van der Waals surface area contributed by atoms with Crippen LogP contribution < -0.4 is 70.4 Å². The molecule has 522 valence electrons. The molecule has 2 aromatic carbocycles. The Morgan fingerprint density at radius 3 is 1.24 bits per heavy atom. The molecule has 2 rings (SSSR count). The second kappa shape index (κ2) is 40.5. The van der Waals surface area contributed by atoms with Crippen molar-refractivity contribution in [2.45, 2.75) is 193 Å². The lowest BCUT2D eigenvalue weighted by Crippen LogP contribution is -2.61. The first kappa shape index (κ1) is 80.6. The van der Waals surface area contributed by atoms with Gasteiger partial charge in [-0.05, 0) is 104 Å². The fourth-order valence-corrected chi connectivity index (χ4v) is 9.37. The van der Waals surface area contributed by atoms with E-state index in [2.05, 4.69) is 53.2 Å². The highest BCUT2D eigenvalue weighted by Gasteiger charge is 2.38. The summed E-state index contributed by atoms with van der Waals surface area (Å²) in [6.07, 6.45) is -2.30. The summed E-state index contributed by atoms with van der Waals surface area (Å²) in [6.45, 7) is 12.1. The standard InChI is InChI=1S/C62H95N13O19/c1-9-33(7)51(61(92)69-41(22-24-47(80)81)55(86)67-42(23-25-48(82)83)57(88)73-49(31(3)4)59(90)68-40(13-11-12-26-63)56(87)75-52(62(93)94)34(8)10-2)72-46(79)30-66-54(85)43(28-36-16-20-38(77)21-17-36)71-60(91)50(32(5)6)74-58(89)44(29-45(65)78)70-53(84)39(64)27-35-14-18-37(76)19-15-35/h14-21,31-34,39-44,49-52,76-77H,9-13,22-30,63-64H2,1-8H3,(H2,65,78)(H,66,85)(H,67,86)(H,68,90)(H,69,92)(H,70,84)(H,71,91)(H,72,79)(H,73,88)(H,74,89)(H,75,87)(H,80,81)(H,82,83)(H,93,94). The number of carboxylic acid groups (broad SMARTS) is 3. The Morgan fingerprint density at radius 1 is 0.436 bits per heavy atom. The lowest BCUT2D eigenvalue weighted by molar-refractivity contribution is -0.144. The smallest absolute Gasteiger partial charge is 0.326 e. The van der Waals surface area contributed by atoms with E-state index in [1.165, 1.54) is 62.4 Å². The lowest BCUT2D eigenvalue weighted by Gasteiger charge is -2.29. The molecule has 0 spiro atoms. The van der Waals surface area contributed by atoms with Crippen molar-refractivity contribution >= 4 is 82.9 Å². The molecule has 32 nitrogen and oxygen atoms in total. The van der Waals surface area contributed by atoms with Gasteiger partial charge in [0, 0.05) is 19.3 Å². The molecule has 0 aliphatic rings. The molecule has 2 aromatic rings. The minimum absolute atomic E-state index is 0.0219. The summed E-state index contributed by atoms with van der Waals surface area (Å²) in [7, 11) is 0. The molecular weight excluding hydrogens is 1230 g/mol. The Kier molecular flexibility index (Phi) is 34.7. The van der Waals surface area contributed by atoms with Crippen LogP contribution in [-0.4, -0.2) is 182 Å². The average molecular weight is 1330 g/mol. The molecule has 21 N–H and O–H groups in total. The minimum Gasteiger partial charge on any atom is -0.508 e. The quantitative estimate of drug-likeness (QED) is 0.0317. The van der Waals surface area contributed by atoms with E-state index in [1.54, 1.807) is 41.5 Å². The molecule has 0 fully saturated rings. The van der Waals surface area contributed by atoms with Gasteiger partial charge in [0.25, 0.3) is 0 Å². The van der Waals surface area contributed by atoms with E-state index in [1.807, 2.05) is 0 Å². The number of nitrogens with one attached hydrogen (secondary N) is 10. The molecule has 32 heteroatoms. The number of amides is 11. The van der Waals surface area contributed by atoms with Crippen LogP contribution in [0.15, 0.2) is 48.5 Å². The minimum atomic E-state index is -1.77. The van der Waals surface area contributed by atoms with E-state index < -0.39 is 206 Å². The fraction of sp³-hybridized carbons (Fsp3) is 0.581. The second-order valence-corrected chi connectivity index (χ2v) is 23.8. The highest BCUT2D eigenvalue weighted by atomic mass is 16.4. The zero-order valence-corrected chi connectivity index (χ0v) is 54.3. The molecule has 0 saturated heterocycles. The van der Waals surface area contributed by atoms with Crippen LogP contribution in [0.4, 0.5) is 0 Å². The molecule has 0 aliphatic carbocycles. The molecule has 0 saturated carbocycles. The molecule has 12 atom stereocenters. The number of primary amides is 1. The monoisotopic (exact) mass is 1330 g/mol. The van der Waals surface area contributed by atoms with Crippen molar-refractivity contribution in [3.63, 3.8) is 0 Å². The molecule has 94 heavy (non-hydrogen) atoms. The number of phenols is 2. The topological polar surface area (TPSA) is 538 Å². The molecule has 0 radical (unpaired) electrons. The highest BCUT2D eigenvalue weighted by molar-refractivity contribution is 5.99. The van der Waals surface area contributed by atoms with Crippen molar-refractivity contribution in [2.75, 3.05) is 13.1 Å². The Morgan fingerprint density at radius 2 is 0.819 bits per heavy atom. The number of hydrogen-bond donors (Lipinski definition) is 18. The number of unbranched alkanes of at least 4 members (excludes halogenated alkanes) is 1. The van der Waals surface area contributed by atoms with E-state index in [4.69, 9.17) is 17.2 Å². The second-order valence-electron chi connectivity index (χ2n) is 23.8. The number of phenolic OH excluding ortho intramolecular Hbond substituents is 2. The molecule has 0 heterocycles. The fourth-order valence-electron chi connectivity index (χ4n) is 9.37. The number of aliphatic carboxylic acids is 3. The number of benzene rings is 2. The number of hydrogen-bond acceptors (Lipinski definition) is 18. The molecule has 12 unspecified atom stereocenters. The number of nitrogens with two attached hydrogens (primary N) is 3. The van der Waals surface area contributed by atoms with Gasteiger partial charge in [-0.2, -0.15) is 0 Å². The summed E-state index contributed by atoms with van der Waals surface area (Å²) in [6, 6.07) is -3.59. The number of aromatic hydroxyl groups is 2. The molecule has 11 amide bonds. The van der Waals surface area contributed by atoms with Crippen LogP contribution >= 0.6 is 0 Å². The first-order chi connectivity index (χ1) is 44.1. The van der Waals surface area contributed by atoms with E-state index in [0.29, 0.717) is 30.4 Å². The Balaban J connectivity index is 2.40. The van der Waals surface area contributed by atoms with Crippen molar-refractivity contribution < 1.29 is 92.7 Å². The maximum Gasteiger partial charge on any atom is 0.326 e. The van der Waals surface area contributed by atoms with Gasteiger partial charge >= 0.3 is 17.9 Å². The largest absolute Gasteiger partial charge is 0.508 e. The van der Waals surface area contributed by atoms with Crippen molar-refractivity contribution in [3.05, 3.63) is 59.7 Å². The van der Waals surface area contributed by atoms with Gasteiger partial charge in [-0.15, -0.1) is 0 Å². The maximum atomic E-state index is 14.2. The van der Waals surface area contributed by atoms with Gasteiger partial charge in [-0.3, -0.25) is 62.3 Å². The summed E-state index contributed by atoms with van der Waals surface area (Å²) in [5.41, 5.74) is 18.1. The number of carbonyl (C=O) groups is 14. The maximum absolute atomic E-state index is 14.2. The SMILES string of the molecule is CCC(C)C(NC(=O)C(CCCCN)NC(=O)C(NC(=O)C(CCC(=O)O)NC(=O)C(CCC(=O)O)NC(=O)C(NC(=O)CNC(=O)C(Cc1ccc(O)cc1)NC(=O)C(NC(=O)C(CC(N)=O)NC(=O)C(N)Cc1ccc(O)cc1)C(C)C)C(C)CC)C(C)C)C(=O)O. The summed E-state index contributed by atoms with van der Waals surface area (Å²) in [4.78, 5) is 187.